The summed E-state index contributed by atoms with van der Waals surface area (Å²) >= 11 is 0. The van der Waals surface area contributed by atoms with Crippen LogP contribution < -0.4 is 10.2 Å². The van der Waals surface area contributed by atoms with Crippen LogP contribution in [-0.2, 0) is 0 Å². The van der Waals surface area contributed by atoms with E-state index in [1.165, 1.54) is 37.9 Å². The third-order valence-electron chi connectivity index (χ3n) is 3.53. The van der Waals surface area contributed by atoms with Gasteiger partial charge in [-0.25, -0.2) is 4.98 Å². The van der Waals surface area contributed by atoms with E-state index in [1.54, 1.807) is 0 Å². The maximum absolute atomic E-state index is 4.34. The average Bonchev–Trinajstić information content (AvgIpc) is 2.39. The lowest BCUT2D eigenvalue weighted by molar-refractivity contribution is 0.450. The molecule has 2 heterocycles. The van der Waals surface area contributed by atoms with Crippen molar-refractivity contribution in [3.05, 3.63) is 18.3 Å². The smallest absolute Gasteiger partial charge is 0.127 e. The quantitative estimate of drug-likeness (QED) is 0.865. The molecule has 0 aromatic carbocycles. The highest BCUT2D eigenvalue weighted by Crippen LogP contribution is 2.27. The van der Waals surface area contributed by atoms with Crippen LogP contribution in [0.3, 0.4) is 0 Å². The molecule has 1 N–H and O–H groups in total. The Morgan fingerprint density at radius 1 is 1.41 bits per heavy atom. The highest BCUT2D eigenvalue weighted by atomic mass is 15.2. The number of hydrogen-bond acceptors (Lipinski definition) is 3. The molecule has 0 radical (unpaired) electrons. The van der Waals surface area contributed by atoms with E-state index in [9.17, 15) is 0 Å². The summed E-state index contributed by atoms with van der Waals surface area (Å²) in [4.78, 5) is 6.88. The second kappa shape index (κ2) is 5.89. The van der Waals surface area contributed by atoms with Gasteiger partial charge in [-0.05, 0) is 38.7 Å². The molecule has 2 rings (SSSR count). The summed E-state index contributed by atoms with van der Waals surface area (Å²) in [5.41, 5.74) is 1.32. The van der Waals surface area contributed by atoms with Crippen molar-refractivity contribution in [1.82, 2.24) is 4.98 Å². The normalized spacial score (nSPS) is 20.4. The zero-order valence-electron chi connectivity index (χ0n) is 10.9. The first kappa shape index (κ1) is 12.2. The predicted octanol–water partition coefficient (Wildman–Crippen LogP) is 3.28. The number of hydrogen-bond donors (Lipinski definition) is 1. The maximum atomic E-state index is 4.34. The van der Waals surface area contributed by atoms with Gasteiger partial charge in [-0.1, -0.05) is 6.92 Å². The minimum absolute atomic E-state index is 0.709. The Morgan fingerprint density at radius 3 is 3.06 bits per heavy atom. The fraction of sp³-hybridized carbons (Fsp3) is 0.643. The molecule has 1 aromatic heterocycles. The molecule has 94 valence electrons. The van der Waals surface area contributed by atoms with Crippen molar-refractivity contribution in [2.75, 3.05) is 23.3 Å². The van der Waals surface area contributed by atoms with Gasteiger partial charge in [0, 0.05) is 37.1 Å². The summed E-state index contributed by atoms with van der Waals surface area (Å²) in [6.07, 6.45) is 7.17. The first-order valence-corrected chi connectivity index (χ1v) is 6.81. The molecule has 1 unspecified atom stereocenters. The molecule has 1 aromatic rings. The average molecular weight is 233 g/mol. The minimum Gasteiger partial charge on any atom is -0.370 e. The fourth-order valence-electron chi connectivity index (χ4n) is 2.64. The van der Waals surface area contributed by atoms with Gasteiger partial charge in [-0.2, -0.15) is 0 Å². The lowest BCUT2D eigenvalue weighted by Crippen LogP contribution is -2.39. The number of nitrogens with one attached hydrogen (secondary N) is 1. The number of rotatable bonds is 4. The maximum Gasteiger partial charge on any atom is 0.127 e. The van der Waals surface area contributed by atoms with Crippen LogP contribution in [0.15, 0.2) is 18.3 Å². The van der Waals surface area contributed by atoms with Gasteiger partial charge < -0.3 is 10.2 Å². The van der Waals surface area contributed by atoms with E-state index in [2.05, 4.69) is 41.2 Å². The van der Waals surface area contributed by atoms with Crippen molar-refractivity contribution in [1.29, 1.82) is 0 Å². The zero-order valence-corrected chi connectivity index (χ0v) is 10.9. The van der Waals surface area contributed by atoms with Crippen molar-refractivity contribution in [2.45, 2.75) is 45.6 Å². The SMILES string of the molecule is CCNc1cc(N2CCCCC2CC)ccn1. The van der Waals surface area contributed by atoms with E-state index < -0.39 is 0 Å². The van der Waals surface area contributed by atoms with E-state index >= 15 is 0 Å². The number of nitrogens with zero attached hydrogens (tertiary/aromatic N) is 2. The fourth-order valence-corrected chi connectivity index (χ4v) is 2.64. The molecule has 3 nitrogen and oxygen atoms in total. The minimum atomic E-state index is 0.709. The van der Waals surface area contributed by atoms with Gasteiger partial charge in [-0.15, -0.1) is 0 Å². The van der Waals surface area contributed by atoms with Gasteiger partial charge in [0.25, 0.3) is 0 Å². The lowest BCUT2D eigenvalue weighted by atomic mass is 9.99. The zero-order chi connectivity index (χ0) is 12.1. The Kier molecular flexibility index (Phi) is 4.24. The molecule has 1 aliphatic rings. The summed E-state index contributed by atoms with van der Waals surface area (Å²) < 4.78 is 0. The molecule has 0 saturated carbocycles. The molecule has 1 fully saturated rings. The van der Waals surface area contributed by atoms with Crippen molar-refractivity contribution < 1.29 is 0 Å². The van der Waals surface area contributed by atoms with Crippen LogP contribution in [0.4, 0.5) is 11.5 Å². The largest absolute Gasteiger partial charge is 0.370 e. The molecule has 17 heavy (non-hydrogen) atoms. The van der Waals surface area contributed by atoms with Crippen LogP contribution >= 0.6 is 0 Å². The molecule has 3 heteroatoms. The van der Waals surface area contributed by atoms with Gasteiger partial charge in [0.15, 0.2) is 0 Å². The number of piperidine rings is 1. The monoisotopic (exact) mass is 233 g/mol. The van der Waals surface area contributed by atoms with E-state index in [-0.39, 0.29) is 0 Å². The van der Waals surface area contributed by atoms with Gasteiger partial charge >= 0.3 is 0 Å². The molecule has 0 amide bonds. The Hall–Kier alpha value is -1.25. The topological polar surface area (TPSA) is 28.2 Å². The van der Waals surface area contributed by atoms with E-state index in [1.807, 2.05) is 6.20 Å². The highest BCUT2D eigenvalue weighted by Gasteiger charge is 2.21. The van der Waals surface area contributed by atoms with Crippen LogP contribution in [0.1, 0.15) is 39.5 Å². The van der Waals surface area contributed by atoms with Crippen molar-refractivity contribution in [3.8, 4) is 0 Å². The standard InChI is InChI=1S/C14H23N3/c1-3-12-7-5-6-10-17(12)13-8-9-16-14(11-13)15-4-2/h8-9,11-12H,3-7,10H2,1-2H3,(H,15,16). The first-order valence-electron chi connectivity index (χ1n) is 6.81. The molecule has 1 atom stereocenters. The molecular weight excluding hydrogens is 210 g/mol. The van der Waals surface area contributed by atoms with Crippen molar-refractivity contribution in [2.24, 2.45) is 0 Å². The van der Waals surface area contributed by atoms with Gasteiger partial charge in [0.05, 0.1) is 0 Å². The molecule has 0 spiro atoms. The summed E-state index contributed by atoms with van der Waals surface area (Å²) in [6, 6.07) is 5.02. The second-order valence-electron chi connectivity index (χ2n) is 4.68. The summed E-state index contributed by atoms with van der Waals surface area (Å²) in [6.45, 7) is 6.50. The van der Waals surface area contributed by atoms with Gasteiger partial charge in [0.1, 0.15) is 5.82 Å². The van der Waals surface area contributed by atoms with Crippen LogP contribution in [0.2, 0.25) is 0 Å². The van der Waals surface area contributed by atoms with Gasteiger partial charge in [-0.3, -0.25) is 0 Å². The highest BCUT2D eigenvalue weighted by molar-refractivity contribution is 5.54. The first-order chi connectivity index (χ1) is 8.35. The third kappa shape index (κ3) is 2.90. The van der Waals surface area contributed by atoms with Crippen LogP contribution in [0.25, 0.3) is 0 Å². The summed E-state index contributed by atoms with van der Waals surface area (Å²) in [7, 11) is 0. The molecular formula is C14H23N3. The Labute approximate surface area is 104 Å². The molecule has 0 bridgehead atoms. The summed E-state index contributed by atoms with van der Waals surface area (Å²) in [5, 5.41) is 3.28. The second-order valence-corrected chi connectivity index (χ2v) is 4.68. The Bertz CT molecular complexity index is 351. The van der Waals surface area contributed by atoms with Crippen LogP contribution in [0.5, 0.6) is 0 Å². The molecule has 1 aliphatic heterocycles. The van der Waals surface area contributed by atoms with E-state index in [0.29, 0.717) is 6.04 Å². The predicted molar refractivity (Wildman–Crippen MR) is 73.7 cm³/mol. The number of aromatic nitrogens is 1. The molecule has 1 saturated heterocycles. The van der Waals surface area contributed by atoms with E-state index in [4.69, 9.17) is 0 Å². The van der Waals surface area contributed by atoms with Gasteiger partial charge in [0.2, 0.25) is 0 Å². The number of pyridine rings is 1. The third-order valence-corrected chi connectivity index (χ3v) is 3.53. The van der Waals surface area contributed by atoms with Crippen molar-refractivity contribution >= 4 is 11.5 Å². The van der Waals surface area contributed by atoms with Crippen LogP contribution in [0, 0.1) is 0 Å². The van der Waals surface area contributed by atoms with Crippen LogP contribution in [-0.4, -0.2) is 24.1 Å². The Balaban J connectivity index is 2.16. The van der Waals surface area contributed by atoms with Crippen molar-refractivity contribution in [3.63, 3.8) is 0 Å². The number of anilines is 2. The lowest BCUT2D eigenvalue weighted by Gasteiger charge is -2.37. The molecule has 0 aliphatic carbocycles. The summed E-state index contributed by atoms with van der Waals surface area (Å²) in [5.74, 6) is 0.991. The van der Waals surface area contributed by atoms with E-state index in [0.717, 1.165) is 12.4 Å². The Morgan fingerprint density at radius 2 is 2.29 bits per heavy atom.